The highest BCUT2D eigenvalue weighted by Crippen LogP contribution is 2.45. The number of esters is 1. The second-order valence-electron chi connectivity index (χ2n) is 19.2. The number of rotatable bonds is 18. The molecule has 0 bridgehead atoms. The number of carbonyl (C=O) groups excluding carboxylic acids is 1. The number of nitrogen functional groups attached to an aromatic ring is 1. The standard InChI is InChI=1S/C53H65N9O9/c1-32(63)69-40-26-38(70-44(27-40)37-24-43(65)49(66)46(25-37)68-21-15-35-7-4-17-56-29-35)11-9-34-10-12-42(64)45(22-34)71-39-8-3-16-53(28-39)48(51(67)55-2)50(62-30-36-14-20-57-41(36)31-62)60-52(61-53)59-18-5-6-33-13-19-58-47(54)23-33/h4,7,10,12-14,17,19-20,22-25,29,31,38-40,44,48,50-51,55,64-67H,3,5-6,8-9,11,15-16,18,21,26-28,30H2,1-2H3,(H2,54,58)(H2,59,60,61)/t38-,39-,40+,44-,48-,50+,51+,53+/m0/s1. The Morgan fingerprint density at radius 3 is 2.70 bits per heavy atom. The van der Waals surface area contributed by atoms with E-state index in [0.29, 0.717) is 74.7 Å². The van der Waals surface area contributed by atoms with Crippen molar-refractivity contribution in [1.82, 2.24) is 30.8 Å². The maximum Gasteiger partial charge on any atom is 0.302 e. The summed E-state index contributed by atoms with van der Waals surface area (Å²) in [5.74, 6) is 0.176. The number of guanidine groups is 1. The van der Waals surface area contributed by atoms with Crippen molar-refractivity contribution < 1.29 is 44.2 Å². The van der Waals surface area contributed by atoms with Crippen molar-refractivity contribution in [1.29, 1.82) is 0 Å². The Morgan fingerprint density at radius 2 is 1.90 bits per heavy atom. The minimum absolute atomic E-state index is 0.0214. The van der Waals surface area contributed by atoms with Crippen molar-refractivity contribution >= 4 is 24.0 Å². The predicted molar refractivity (Wildman–Crippen MR) is 267 cm³/mol. The first kappa shape index (κ1) is 49.1. The van der Waals surface area contributed by atoms with Crippen LogP contribution in [0.15, 0.2) is 107 Å². The van der Waals surface area contributed by atoms with Gasteiger partial charge in [-0.1, -0.05) is 12.1 Å². The smallest absolute Gasteiger partial charge is 0.302 e. The number of nitrogens with one attached hydrogen (secondary N) is 3. The van der Waals surface area contributed by atoms with Crippen LogP contribution in [-0.4, -0.2) is 116 Å². The molecule has 4 aliphatic heterocycles. The van der Waals surface area contributed by atoms with Gasteiger partial charge in [0, 0.05) is 82.3 Å². The van der Waals surface area contributed by atoms with Crippen LogP contribution in [0.1, 0.15) is 86.6 Å². The van der Waals surface area contributed by atoms with Gasteiger partial charge in [-0.15, -0.1) is 0 Å². The Kier molecular flexibility index (Phi) is 15.2. The number of fused-ring (bicyclic) bond motifs is 1. The summed E-state index contributed by atoms with van der Waals surface area (Å²) in [6.07, 6.45) is 15.0. The third-order valence-corrected chi connectivity index (χ3v) is 14.1. The van der Waals surface area contributed by atoms with E-state index in [-0.39, 0.29) is 53.9 Å². The molecule has 1 aliphatic carbocycles. The maximum absolute atomic E-state index is 12.2. The van der Waals surface area contributed by atoms with E-state index in [1.54, 1.807) is 37.8 Å². The molecule has 2 aromatic carbocycles. The van der Waals surface area contributed by atoms with Gasteiger partial charge in [-0.05, 0) is 123 Å². The van der Waals surface area contributed by atoms with Gasteiger partial charge in [-0.2, -0.15) is 0 Å². The number of nitrogens with zero attached hydrogens (tertiary/aromatic N) is 5. The van der Waals surface area contributed by atoms with Crippen LogP contribution in [0.25, 0.3) is 0 Å². The van der Waals surface area contributed by atoms with Crippen LogP contribution in [0.3, 0.4) is 0 Å². The highest BCUT2D eigenvalue weighted by atomic mass is 16.6. The molecule has 9 rings (SSSR count). The highest BCUT2D eigenvalue weighted by Gasteiger charge is 2.55. The van der Waals surface area contributed by atoms with E-state index in [4.69, 9.17) is 29.7 Å². The van der Waals surface area contributed by atoms with Crippen LogP contribution in [0, 0.1) is 5.92 Å². The van der Waals surface area contributed by atoms with Crippen molar-refractivity contribution in [2.75, 3.05) is 32.5 Å². The number of benzene rings is 2. The lowest BCUT2D eigenvalue weighted by atomic mass is 9.68. The Morgan fingerprint density at radius 1 is 1.03 bits per heavy atom. The molecule has 376 valence electrons. The molecule has 4 aromatic rings. The minimum Gasteiger partial charge on any atom is -0.504 e. The molecule has 5 aliphatic rings. The minimum atomic E-state index is -0.898. The van der Waals surface area contributed by atoms with Crippen molar-refractivity contribution in [3.63, 3.8) is 0 Å². The Balaban J connectivity index is 0.894. The summed E-state index contributed by atoms with van der Waals surface area (Å²) in [4.78, 5) is 32.3. The number of hydrogen-bond donors (Lipinski definition) is 8. The van der Waals surface area contributed by atoms with Crippen LogP contribution >= 0.6 is 0 Å². The number of aliphatic hydroxyl groups is 1. The summed E-state index contributed by atoms with van der Waals surface area (Å²) in [5, 5.41) is 55.2. The Hall–Kier alpha value is -6.89. The lowest BCUT2D eigenvalue weighted by molar-refractivity contribution is -0.160. The summed E-state index contributed by atoms with van der Waals surface area (Å²) in [5.41, 5.74) is 10.9. The summed E-state index contributed by atoms with van der Waals surface area (Å²) < 4.78 is 25.1. The molecule has 3 fully saturated rings. The zero-order valence-electron chi connectivity index (χ0n) is 40.2. The van der Waals surface area contributed by atoms with Crippen molar-refractivity contribution in [3.05, 3.63) is 119 Å². The van der Waals surface area contributed by atoms with Gasteiger partial charge >= 0.3 is 5.97 Å². The normalized spacial score (nSPS) is 25.7. The molecule has 2 saturated heterocycles. The number of aliphatic hydroxyl groups excluding tert-OH is 1. The van der Waals surface area contributed by atoms with Gasteiger partial charge < -0.3 is 60.6 Å². The van der Waals surface area contributed by atoms with Crippen LogP contribution < -0.4 is 31.2 Å². The van der Waals surface area contributed by atoms with E-state index in [0.717, 1.165) is 60.1 Å². The van der Waals surface area contributed by atoms with E-state index in [1.807, 2.05) is 48.7 Å². The van der Waals surface area contributed by atoms with E-state index >= 15 is 0 Å². The molecular formula is C53H65N9O9. The predicted octanol–water partition coefficient (Wildman–Crippen LogP) is 5.47. The van der Waals surface area contributed by atoms with Crippen molar-refractivity contribution in [2.45, 2.75) is 120 Å². The summed E-state index contributed by atoms with van der Waals surface area (Å²) >= 11 is 0. The van der Waals surface area contributed by atoms with Crippen molar-refractivity contribution in [2.24, 2.45) is 15.9 Å². The number of allylic oxidation sites excluding steroid dienone is 1. The topological polar surface area (TPSA) is 251 Å². The van der Waals surface area contributed by atoms with E-state index in [9.17, 15) is 25.2 Å². The average molecular weight is 972 g/mol. The zero-order chi connectivity index (χ0) is 49.5. The van der Waals surface area contributed by atoms with Gasteiger partial charge in [-0.3, -0.25) is 25.1 Å². The molecule has 0 radical (unpaired) electrons. The fraction of sp³-hybridized carbons (Fsp3) is 0.453. The Bertz CT molecular complexity index is 2650. The molecule has 9 N–H and O–H groups in total. The number of aromatic nitrogens is 2. The number of aliphatic imine (C=N–C) groups is 2. The fourth-order valence-corrected chi connectivity index (χ4v) is 10.8. The molecule has 6 heterocycles. The number of aromatic hydroxyl groups is 3. The molecule has 1 saturated carbocycles. The number of pyridine rings is 2. The van der Waals surface area contributed by atoms with Crippen LogP contribution in [0.4, 0.5) is 5.82 Å². The molecule has 8 atom stereocenters. The van der Waals surface area contributed by atoms with Gasteiger partial charge in [0.15, 0.2) is 29.0 Å². The zero-order valence-corrected chi connectivity index (χ0v) is 40.2. The number of nitrogens with two attached hydrogens (primary N) is 1. The lowest BCUT2D eigenvalue weighted by Crippen LogP contribution is -2.76. The van der Waals surface area contributed by atoms with Gasteiger partial charge in [0.05, 0.1) is 36.0 Å². The number of hydrogen-bond acceptors (Lipinski definition) is 16. The van der Waals surface area contributed by atoms with Gasteiger partial charge in [0.25, 0.3) is 0 Å². The number of anilines is 1. The number of carbonyl (C=O) groups is 1. The van der Waals surface area contributed by atoms with E-state index in [1.165, 1.54) is 13.0 Å². The lowest BCUT2D eigenvalue weighted by Gasteiger charge is -2.56. The first-order valence-electron chi connectivity index (χ1n) is 24.7. The quantitative estimate of drug-likeness (QED) is 0.0266. The number of phenolic OH excluding ortho intramolecular Hbond substituents is 3. The first-order valence-corrected chi connectivity index (χ1v) is 24.7. The number of ether oxygens (including phenoxy) is 4. The molecule has 0 unspecified atom stereocenters. The molecule has 18 heteroatoms. The SMILES string of the molecule is CN[C@H](O)[C@@H]1[C@@H](N2C=C3N=CC=C3C2)NC(=NCCCc2ccnc(N)c2)N[C@@]12CCC[C@H](Oc1cc(CC[C@H]3C[C@@H](OC(C)=O)C[C@@H](c4cc(O)c(O)c(OCCc5cccnc5)c4)O3)ccc1O)C2. The van der Waals surface area contributed by atoms with Crippen LogP contribution in [0.5, 0.6) is 28.7 Å². The van der Waals surface area contributed by atoms with Gasteiger partial charge in [0.2, 0.25) is 5.75 Å². The molecule has 0 amide bonds. The summed E-state index contributed by atoms with van der Waals surface area (Å²) in [6, 6.07) is 16.1. The number of phenols is 3. The largest absolute Gasteiger partial charge is 0.504 e. The molecule has 18 nitrogen and oxygen atoms in total. The van der Waals surface area contributed by atoms with Crippen LogP contribution in [-0.2, 0) is 33.5 Å². The summed E-state index contributed by atoms with van der Waals surface area (Å²) in [6.45, 7) is 2.81. The number of aryl methyl sites for hydroxylation is 2. The van der Waals surface area contributed by atoms with E-state index in [2.05, 4.69) is 42.0 Å². The Labute approximate surface area is 413 Å². The first-order chi connectivity index (χ1) is 34.4. The molecule has 1 spiro atoms. The van der Waals surface area contributed by atoms with Gasteiger partial charge in [-0.25, -0.2) is 4.98 Å². The fourth-order valence-electron chi connectivity index (χ4n) is 10.8. The molecular weight excluding hydrogens is 907 g/mol. The maximum atomic E-state index is 12.2. The van der Waals surface area contributed by atoms with E-state index < -0.39 is 29.9 Å². The summed E-state index contributed by atoms with van der Waals surface area (Å²) in [7, 11) is 1.76. The molecule has 2 aromatic heterocycles. The third-order valence-electron chi connectivity index (χ3n) is 14.1. The second kappa shape index (κ2) is 22.0. The molecule has 71 heavy (non-hydrogen) atoms. The van der Waals surface area contributed by atoms with Crippen LogP contribution in [0.2, 0.25) is 0 Å². The highest BCUT2D eigenvalue weighted by molar-refractivity contribution is 5.83. The second-order valence-corrected chi connectivity index (χ2v) is 19.2. The average Bonchev–Trinajstić information content (AvgIpc) is 3.98. The third kappa shape index (κ3) is 11.8. The van der Waals surface area contributed by atoms with Crippen molar-refractivity contribution in [3.8, 4) is 28.7 Å². The monoisotopic (exact) mass is 971 g/mol. The van der Waals surface area contributed by atoms with Gasteiger partial charge in [0.1, 0.15) is 30.4 Å².